The molecule has 63 heavy (non-hydrogen) atoms. The second-order valence-corrected chi connectivity index (χ2v) is 20.9. The van der Waals surface area contributed by atoms with E-state index < -0.39 is 0 Å². The Kier molecular flexibility index (Phi) is 9.88. The largest absolute Gasteiger partial charge is 0.507 e. The van der Waals surface area contributed by atoms with Gasteiger partial charge in [-0.3, -0.25) is 4.57 Å². The van der Waals surface area contributed by atoms with Gasteiger partial charge < -0.3 is 9.67 Å². The summed E-state index contributed by atoms with van der Waals surface area (Å²) in [4.78, 5) is 10.6. The van der Waals surface area contributed by atoms with Gasteiger partial charge in [0.15, 0.2) is 0 Å². The zero-order valence-electron chi connectivity index (χ0n) is 38.2. The topological polar surface area (TPSA) is 55.9 Å². The van der Waals surface area contributed by atoms with E-state index in [9.17, 15) is 5.11 Å². The summed E-state index contributed by atoms with van der Waals surface area (Å²) in [6, 6.07) is 47.6. The van der Waals surface area contributed by atoms with Crippen LogP contribution in [0, 0.1) is 6.07 Å². The Morgan fingerprint density at radius 3 is 2.02 bits per heavy atom. The van der Waals surface area contributed by atoms with Gasteiger partial charge in [0.2, 0.25) is 0 Å². The first-order valence-corrected chi connectivity index (χ1v) is 21.9. The van der Waals surface area contributed by atoms with E-state index >= 15 is 0 Å². The van der Waals surface area contributed by atoms with E-state index in [0.717, 1.165) is 66.8 Å². The fourth-order valence-corrected chi connectivity index (χ4v) is 9.68. The van der Waals surface area contributed by atoms with E-state index in [4.69, 9.17) is 9.97 Å². The van der Waals surface area contributed by atoms with Crippen molar-refractivity contribution in [3.05, 3.63) is 161 Å². The molecule has 0 saturated carbocycles. The van der Waals surface area contributed by atoms with Crippen molar-refractivity contribution in [2.45, 2.75) is 97.8 Å². The van der Waals surface area contributed by atoms with Crippen molar-refractivity contribution in [2.75, 3.05) is 0 Å². The molecule has 1 aliphatic rings. The van der Waals surface area contributed by atoms with E-state index in [2.05, 4.69) is 207 Å². The van der Waals surface area contributed by atoms with Gasteiger partial charge in [0.1, 0.15) is 17.2 Å². The predicted octanol–water partition coefficient (Wildman–Crippen LogP) is 14.6. The Balaban J connectivity index is 0.00000504. The van der Waals surface area contributed by atoms with Crippen molar-refractivity contribution in [3.8, 4) is 50.8 Å². The molecule has 1 aliphatic heterocycles. The Morgan fingerprint density at radius 2 is 1.30 bits per heavy atom. The van der Waals surface area contributed by atoms with Crippen LogP contribution in [0.1, 0.15) is 104 Å². The van der Waals surface area contributed by atoms with Crippen LogP contribution >= 0.6 is 0 Å². The number of fused-ring (bicyclic) bond motifs is 6. The Bertz CT molecular complexity index is 3270. The summed E-state index contributed by atoms with van der Waals surface area (Å²) in [7, 11) is 0. The average molecular weight is 1010 g/mol. The zero-order chi connectivity index (χ0) is 43.7. The summed E-state index contributed by atoms with van der Waals surface area (Å²) in [5, 5.41) is 14.9. The van der Waals surface area contributed by atoms with E-state index in [-0.39, 0.29) is 48.5 Å². The molecule has 1 N–H and O–H groups in total. The number of hydrogen-bond donors (Lipinski definition) is 1. The van der Waals surface area contributed by atoms with E-state index in [1.807, 2.05) is 12.3 Å². The Labute approximate surface area is 386 Å². The van der Waals surface area contributed by atoms with Crippen molar-refractivity contribution < 1.29 is 26.2 Å². The van der Waals surface area contributed by atoms with Gasteiger partial charge in [-0.25, -0.2) is 9.97 Å². The fourth-order valence-electron chi connectivity index (χ4n) is 9.68. The number of phenolic OH excluding ortho intramolecular Hbond substituents is 1. The number of pyridine rings is 1. The maximum Gasteiger partial charge on any atom is 0.148 e. The number of benzene rings is 6. The molecule has 320 valence electrons. The first kappa shape index (κ1) is 42.5. The average Bonchev–Trinajstić information content (AvgIpc) is 3.78. The molecule has 0 bridgehead atoms. The summed E-state index contributed by atoms with van der Waals surface area (Å²) in [6.07, 6.45) is 1.88. The van der Waals surface area contributed by atoms with Crippen LogP contribution < -0.4 is 0 Å². The third kappa shape index (κ3) is 6.69. The normalized spacial score (nSPS) is 13.7. The van der Waals surface area contributed by atoms with Gasteiger partial charge in [-0.1, -0.05) is 160 Å². The molecular weight excluding hydrogens is 952 g/mol. The van der Waals surface area contributed by atoms with Crippen LogP contribution in [0.5, 0.6) is 5.75 Å². The first-order chi connectivity index (χ1) is 29.3. The summed E-state index contributed by atoms with van der Waals surface area (Å²) >= 11 is 0. The smallest absolute Gasteiger partial charge is 0.148 e. The Hall–Kier alpha value is -5.77. The van der Waals surface area contributed by atoms with Gasteiger partial charge in [0.25, 0.3) is 0 Å². The van der Waals surface area contributed by atoms with Crippen molar-refractivity contribution >= 4 is 33.0 Å². The number of para-hydroxylation sites is 2. The standard InChI is InChI=1S/C57H55N4O.Pt/c1-54(2,3)36-26-28-46(41(31-36)34-18-13-12-14-19-34)60-47-24-16-20-38(49(47)59-53(60)42-32-37(55(4,5)6)33-45(51(42)62)56(7,8)9)35-25-27-43-48(30-35)61-50-39(40-22-17-29-58-52(40)61)21-15-23-44(50)57(43,10)11;/h12-29,31-33,62H,1-11H3;/q-1;. The van der Waals surface area contributed by atoms with Crippen LogP contribution in [0.4, 0.5) is 0 Å². The molecule has 0 fully saturated rings. The third-order valence-electron chi connectivity index (χ3n) is 13.2. The third-order valence-corrected chi connectivity index (χ3v) is 13.2. The van der Waals surface area contributed by atoms with Gasteiger partial charge in [-0.15, -0.1) is 23.8 Å². The molecule has 0 radical (unpaired) electrons. The minimum Gasteiger partial charge on any atom is -0.507 e. The van der Waals surface area contributed by atoms with Gasteiger partial charge in [-0.2, -0.15) is 0 Å². The minimum atomic E-state index is -0.320. The number of aromatic nitrogens is 4. The van der Waals surface area contributed by atoms with Gasteiger partial charge in [0.05, 0.1) is 27.8 Å². The van der Waals surface area contributed by atoms with Crippen molar-refractivity contribution in [1.82, 2.24) is 19.1 Å². The van der Waals surface area contributed by atoms with Gasteiger partial charge in [0, 0.05) is 49.2 Å². The van der Waals surface area contributed by atoms with E-state index in [0.29, 0.717) is 11.4 Å². The minimum absolute atomic E-state index is 0. The van der Waals surface area contributed by atoms with Crippen molar-refractivity contribution in [2.24, 2.45) is 0 Å². The summed E-state index contributed by atoms with van der Waals surface area (Å²) in [6.45, 7) is 24.6. The van der Waals surface area contributed by atoms with Crippen LogP contribution in [-0.4, -0.2) is 24.2 Å². The SMILES string of the molecule is CC(C)(C)c1ccc(-n2c(-c3cc(C(C)(C)C)cc(C(C)(C)C)c3O)nc3c(-c4[c-]c5c(cc4)C(C)(C)c4cccc6c7cccnc7n-5c46)cccc32)c(-c2ccccc2)c1.[Pt]. The monoisotopic (exact) mass is 1010 g/mol. The number of phenols is 1. The summed E-state index contributed by atoms with van der Waals surface area (Å²) in [5.41, 5.74) is 15.7. The maximum atomic E-state index is 12.5. The molecule has 0 saturated heterocycles. The van der Waals surface area contributed by atoms with Gasteiger partial charge in [-0.05, 0) is 86.0 Å². The predicted molar refractivity (Wildman–Crippen MR) is 258 cm³/mol. The molecule has 5 nitrogen and oxygen atoms in total. The summed E-state index contributed by atoms with van der Waals surface area (Å²) in [5.74, 6) is 0.950. The van der Waals surface area contributed by atoms with E-state index in [1.165, 1.54) is 27.6 Å². The van der Waals surface area contributed by atoms with Crippen molar-refractivity contribution in [3.63, 3.8) is 0 Å². The molecule has 0 aliphatic carbocycles. The molecule has 0 unspecified atom stereocenters. The number of rotatable bonds is 4. The first-order valence-electron chi connectivity index (χ1n) is 21.9. The molecule has 0 amide bonds. The van der Waals surface area contributed by atoms with Crippen LogP contribution in [0.15, 0.2) is 128 Å². The molecular formula is C57H55N4OPt-. The quantitative estimate of drug-likeness (QED) is 0.179. The van der Waals surface area contributed by atoms with Crippen LogP contribution in [0.3, 0.4) is 0 Å². The van der Waals surface area contributed by atoms with E-state index in [1.54, 1.807) is 0 Å². The van der Waals surface area contributed by atoms with Crippen LogP contribution in [0.2, 0.25) is 0 Å². The number of aromatic hydroxyl groups is 1. The fraction of sp³-hybridized carbons (Fsp3) is 0.263. The van der Waals surface area contributed by atoms with Crippen LogP contribution in [-0.2, 0) is 42.7 Å². The number of hydrogen-bond acceptors (Lipinski definition) is 3. The molecule has 10 rings (SSSR count). The molecule has 9 aromatic rings. The van der Waals surface area contributed by atoms with Gasteiger partial charge >= 0.3 is 0 Å². The molecule has 3 aromatic heterocycles. The molecule has 4 heterocycles. The molecule has 0 spiro atoms. The zero-order valence-corrected chi connectivity index (χ0v) is 40.4. The second kappa shape index (κ2) is 14.6. The summed E-state index contributed by atoms with van der Waals surface area (Å²) < 4.78 is 4.60. The molecule has 6 aromatic carbocycles. The number of imidazole rings is 1. The maximum absolute atomic E-state index is 12.5. The second-order valence-electron chi connectivity index (χ2n) is 20.9. The van der Waals surface area contributed by atoms with Crippen molar-refractivity contribution in [1.29, 1.82) is 0 Å². The Morgan fingerprint density at radius 1 is 0.603 bits per heavy atom. The van der Waals surface area contributed by atoms with Crippen LogP contribution in [0.25, 0.3) is 78.0 Å². The number of nitrogens with zero attached hydrogens (tertiary/aromatic N) is 4. The molecule has 0 atom stereocenters. The molecule has 6 heteroatoms.